The lowest BCUT2D eigenvalue weighted by Crippen LogP contribution is -2.24. The summed E-state index contributed by atoms with van der Waals surface area (Å²) in [7, 11) is 0. The Balaban J connectivity index is 1.64. The molecule has 3 rings (SSSR count). The maximum Gasteiger partial charge on any atom is 0.282 e. The van der Waals surface area contributed by atoms with Gasteiger partial charge in [-0.25, -0.2) is 4.99 Å². The first-order valence-corrected chi connectivity index (χ1v) is 5.48. The molecule has 3 N–H and O–H groups in total. The van der Waals surface area contributed by atoms with E-state index in [2.05, 4.69) is 9.98 Å². The molecule has 0 saturated heterocycles. The van der Waals surface area contributed by atoms with Crippen LogP contribution in [0.5, 0.6) is 5.75 Å². The zero-order valence-electron chi connectivity index (χ0n) is 9.22. The zero-order chi connectivity index (χ0) is 11.7. The molecule has 1 atom stereocenters. The smallest absolute Gasteiger partial charge is 0.282 e. The Morgan fingerprint density at radius 3 is 3.24 bits per heavy atom. The van der Waals surface area contributed by atoms with Crippen molar-refractivity contribution in [2.24, 2.45) is 10.7 Å². The summed E-state index contributed by atoms with van der Waals surface area (Å²) in [6.45, 7) is 1.03. The number of aromatic amines is 1. The normalized spacial score (nSPS) is 19.1. The first kappa shape index (κ1) is 10.0. The topological polar surface area (TPSA) is 72.6 Å². The van der Waals surface area contributed by atoms with Gasteiger partial charge < -0.3 is 20.2 Å². The van der Waals surface area contributed by atoms with Crippen LogP contribution in [0, 0.1) is 0 Å². The van der Waals surface area contributed by atoms with E-state index >= 15 is 0 Å². The molecule has 0 bridgehead atoms. The number of fused-ring (bicyclic) bond motifs is 1. The summed E-state index contributed by atoms with van der Waals surface area (Å²) in [5, 5.41) is 1.13. The minimum absolute atomic E-state index is 0.0723. The van der Waals surface area contributed by atoms with Crippen molar-refractivity contribution in [3.8, 4) is 5.75 Å². The van der Waals surface area contributed by atoms with Crippen LogP contribution >= 0.6 is 0 Å². The minimum Gasteiger partial charge on any atom is -0.490 e. The third-order valence-corrected chi connectivity index (χ3v) is 2.70. The number of nitrogens with two attached hydrogens (primary N) is 1. The largest absolute Gasteiger partial charge is 0.490 e. The van der Waals surface area contributed by atoms with Crippen molar-refractivity contribution >= 4 is 16.9 Å². The quantitative estimate of drug-likeness (QED) is 0.835. The second kappa shape index (κ2) is 4.01. The van der Waals surface area contributed by atoms with E-state index in [4.69, 9.17) is 15.2 Å². The van der Waals surface area contributed by atoms with Crippen molar-refractivity contribution in [2.45, 2.75) is 6.10 Å². The van der Waals surface area contributed by atoms with Gasteiger partial charge in [0.15, 0.2) is 6.10 Å². The average Bonchev–Trinajstić information content (AvgIpc) is 2.94. The number of nitrogens with one attached hydrogen (secondary N) is 1. The molecule has 17 heavy (non-hydrogen) atoms. The Morgan fingerprint density at radius 2 is 2.41 bits per heavy atom. The van der Waals surface area contributed by atoms with E-state index < -0.39 is 0 Å². The van der Waals surface area contributed by atoms with Crippen molar-refractivity contribution in [3.63, 3.8) is 0 Å². The van der Waals surface area contributed by atoms with Gasteiger partial charge in [-0.15, -0.1) is 0 Å². The number of hydrogen-bond donors (Lipinski definition) is 2. The highest BCUT2D eigenvalue weighted by molar-refractivity contribution is 5.80. The SMILES string of the molecule is NC1=NCC(COc2ccc3[nH]ccc3c2)O1. The molecule has 0 saturated carbocycles. The molecular weight excluding hydrogens is 218 g/mol. The van der Waals surface area contributed by atoms with E-state index in [1.807, 2.05) is 30.5 Å². The standard InChI is InChI=1S/C12H13N3O2/c13-12-15-6-10(17-12)7-16-9-1-2-11-8(5-9)3-4-14-11/h1-5,10,14H,6-7H2,(H2,13,15). The number of hydrogen-bond acceptors (Lipinski definition) is 4. The zero-order valence-corrected chi connectivity index (χ0v) is 9.22. The predicted octanol–water partition coefficient (Wildman–Crippen LogP) is 1.26. The average molecular weight is 231 g/mol. The molecule has 0 aliphatic carbocycles. The fraction of sp³-hybridized carbons (Fsp3) is 0.250. The molecule has 0 radical (unpaired) electrons. The van der Waals surface area contributed by atoms with Crippen LogP contribution < -0.4 is 10.5 Å². The summed E-state index contributed by atoms with van der Waals surface area (Å²) >= 11 is 0. The molecule has 88 valence electrons. The van der Waals surface area contributed by atoms with Crippen LogP contribution in [-0.4, -0.2) is 30.3 Å². The molecular formula is C12H13N3O2. The molecule has 0 fully saturated rings. The lowest BCUT2D eigenvalue weighted by atomic mass is 10.2. The number of nitrogens with zero attached hydrogens (tertiary/aromatic N) is 1. The van der Waals surface area contributed by atoms with Crippen molar-refractivity contribution in [1.29, 1.82) is 0 Å². The van der Waals surface area contributed by atoms with E-state index in [0.717, 1.165) is 16.7 Å². The monoisotopic (exact) mass is 231 g/mol. The van der Waals surface area contributed by atoms with Gasteiger partial charge in [0, 0.05) is 17.1 Å². The Bertz CT molecular complexity index is 562. The molecule has 1 aliphatic heterocycles. The minimum atomic E-state index is -0.0723. The molecule has 2 aromatic rings. The van der Waals surface area contributed by atoms with E-state index in [9.17, 15) is 0 Å². The van der Waals surface area contributed by atoms with Gasteiger partial charge in [-0.2, -0.15) is 0 Å². The number of amidine groups is 1. The summed E-state index contributed by atoms with van der Waals surface area (Å²) in [5.74, 6) is 0.825. The van der Waals surface area contributed by atoms with Gasteiger partial charge in [0.05, 0.1) is 6.54 Å². The highest BCUT2D eigenvalue weighted by Crippen LogP contribution is 2.20. The van der Waals surface area contributed by atoms with Crippen LogP contribution in [0.3, 0.4) is 0 Å². The van der Waals surface area contributed by atoms with Crippen LogP contribution in [-0.2, 0) is 4.74 Å². The van der Waals surface area contributed by atoms with Crippen molar-refractivity contribution in [3.05, 3.63) is 30.5 Å². The Morgan fingerprint density at radius 1 is 1.47 bits per heavy atom. The van der Waals surface area contributed by atoms with Crippen LogP contribution in [0.1, 0.15) is 0 Å². The molecule has 1 unspecified atom stereocenters. The summed E-state index contributed by atoms with van der Waals surface area (Å²) in [6, 6.07) is 8.17. The van der Waals surface area contributed by atoms with Gasteiger partial charge in [0.1, 0.15) is 12.4 Å². The highest BCUT2D eigenvalue weighted by atomic mass is 16.5. The van der Waals surface area contributed by atoms with Crippen LogP contribution in [0.4, 0.5) is 0 Å². The van der Waals surface area contributed by atoms with Gasteiger partial charge in [0.2, 0.25) is 0 Å². The van der Waals surface area contributed by atoms with E-state index in [-0.39, 0.29) is 12.1 Å². The third kappa shape index (κ3) is 2.04. The van der Waals surface area contributed by atoms with Crippen molar-refractivity contribution < 1.29 is 9.47 Å². The van der Waals surface area contributed by atoms with E-state index in [1.165, 1.54) is 0 Å². The lowest BCUT2D eigenvalue weighted by Gasteiger charge is -2.11. The first-order valence-electron chi connectivity index (χ1n) is 5.48. The van der Waals surface area contributed by atoms with Gasteiger partial charge in [-0.05, 0) is 24.3 Å². The van der Waals surface area contributed by atoms with E-state index in [0.29, 0.717) is 13.2 Å². The Kier molecular flexibility index (Phi) is 2.36. The second-order valence-corrected chi connectivity index (χ2v) is 3.96. The van der Waals surface area contributed by atoms with E-state index in [1.54, 1.807) is 0 Å². The predicted molar refractivity (Wildman–Crippen MR) is 65.2 cm³/mol. The summed E-state index contributed by atoms with van der Waals surface area (Å²) in [5.41, 5.74) is 6.52. The van der Waals surface area contributed by atoms with Gasteiger partial charge in [-0.1, -0.05) is 0 Å². The summed E-state index contributed by atoms with van der Waals surface area (Å²) in [4.78, 5) is 7.09. The second-order valence-electron chi connectivity index (χ2n) is 3.96. The fourth-order valence-corrected chi connectivity index (χ4v) is 1.83. The Labute approximate surface area is 98.2 Å². The van der Waals surface area contributed by atoms with Gasteiger partial charge >= 0.3 is 0 Å². The summed E-state index contributed by atoms with van der Waals surface area (Å²) < 4.78 is 10.9. The lowest BCUT2D eigenvalue weighted by molar-refractivity contribution is 0.141. The maximum absolute atomic E-state index is 5.65. The number of H-pyrrole nitrogens is 1. The van der Waals surface area contributed by atoms with Crippen LogP contribution in [0.15, 0.2) is 35.5 Å². The number of rotatable bonds is 3. The number of aromatic nitrogens is 1. The molecule has 1 aromatic heterocycles. The van der Waals surface area contributed by atoms with Crippen LogP contribution in [0.2, 0.25) is 0 Å². The number of ether oxygens (including phenoxy) is 2. The van der Waals surface area contributed by atoms with Crippen molar-refractivity contribution in [2.75, 3.05) is 13.2 Å². The molecule has 5 heteroatoms. The molecule has 1 aromatic carbocycles. The third-order valence-electron chi connectivity index (χ3n) is 2.70. The summed E-state index contributed by atoms with van der Waals surface area (Å²) in [6.07, 6.45) is 1.83. The molecule has 5 nitrogen and oxygen atoms in total. The molecule has 0 amide bonds. The first-order chi connectivity index (χ1) is 8.31. The fourth-order valence-electron chi connectivity index (χ4n) is 1.83. The molecule has 1 aliphatic rings. The van der Waals surface area contributed by atoms with Crippen LogP contribution in [0.25, 0.3) is 10.9 Å². The number of benzene rings is 1. The number of aliphatic imine (C=N–C) groups is 1. The van der Waals surface area contributed by atoms with Crippen molar-refractivity contribution in [1.82, 2.24) is 4.98 Å². The Hall–Kier alpha value is -2.17. The maximum atomic E-state index is 5.65. The van der Waals surface area contributed by atoms with Gasteiger partial charge in [-0.3, -0.25) is 0 Å². The molecule has 0 spiro atoms. The highest BCUT2D eigenvalue weighted by Gasteiger charge is 2.18. The van der Waals surface area contributed by atoms with Gasteiger partial charge in [0.25, 0.3) is 6.02 Å². The molecule has 2 heterocycles.